The van der Waals surface area contributed by atoms with E-state index in [1.807, 2.05) is 0 Å². The SMILES string of the molecule is COc1ccc(C=CC(=O)OC[C@H]2CC[C@@]3(OC(C)=O)C(C(=O)O)=CO[C@@H](O[C@@H]4O[C@H](COC(C)=O)[C@@H](OC(C)=O)[C@H](OC(C)=O)[C@H]4OC(C)=O)[C@H]23)cc1. The molecule has 18 heteroatoms. The van der Waals surface area contributed by atoms with Crippen molar-refractivity contribution in [2.24, 2.45) is 11.8 Å². The number of rotatable bonds is 14. The number of esters is 6. The molecule has 1 aromatic rings. The molecule has 2 heterocycles. The number of fused-ring (bicyclic) bond motifs is 1. The first-order valence-electron chi connectivity index (χ1n) is 16.8. The van der Waals surface area contributed by atoms with Crippen LogP contribution in [0.15, 0.2) is 42.2 Å². The highest BCUT2D eigenvalue weighted by atomic mass is 16.8. The van der Waals surface area contributed by atoms with E-state index in [4.69, 9.17) is 47.4 Å². The number of carboxylic acid groups (broad SMARTS) is 1. The van der Waals surface area contributed by atoms with Gasteiger partial charge in [0.1, 0.15) is 30.3 Å². The van der Waals surface area contributed by atoms with Crippen molar-refractivity contribution in [1.82, 2.24) is 0 Å². The Kier molecular flexibility index (Phi) is 13.8. The van der Waals surface area contributed by atoms with Crippen molar-refractivity contribution in [3.8, 4) is 5.75 Å². The normalized spacial score (nSPS) is 28.7. The molecular weight excluding hydrogens is 720 g/mol. The first-order valence-corrected chi connectivity index (χ1v) is 16.8. The van der Waals surface area contributed by atoms with Crippen molar-refractivity contribution >= 4 is 47.9 Å². The number of ether oxygens (including phenoxy) is 10. The van der Waals surface area contributed by atoms with Crippen LogP contribution in [0.1, 0.15) is 53.0 Å². The third-order valence-corrected chi connectivity index (χ3v) is 8.74. The summed E-state index contributed by atoms with van der Waals surface area (Å²) in [6.45, 7) is 4.51. The number of carboxylic acids is 1. The number of methoxy groups -OCH3 is 1. The van der Waals surface area contributed by atoms with E-state index >= 15 is 0 Å². The van der Waals surface area contributed by atoms with Crippen LogP contribution < -0.4 is 4.74 Å². The minimum absolute atomic E-state index is 0.0545. The van der Waals surface area contributed by atoms with Crippen molar-refractivity contribution in [3.63, 3.8) is 0 Å². The number of aliphatic carboxylic acids is 1. The van der Waals surface area contributed by atoms with E-state index in [0.717, 1.165) is 40.9 Å². The summed E-state index contributed by atoms with van der Waals surface area (Å²) in [5.41, 5.74) is -1.61. The second-order valence-corrected chi connectivity index (χ2v) is 12.6. The monoisotopic (exact) mass is 762 g/mol. The Morgan fingerprint density at radius 2 is 1.43 bits per heavy atom. The van der Waals surface area contributed by atoms with E-state index in [2.05, 4.69) is 0 Å². The molecule has 2 aliphatic heterocycles. The quantitative estimate of drug-likeness (QED) is 0.162. The minimum Gasteiger partial charge on any atom is -0.497 e. The van der Waals surface area contributed by atoms with Gasteiger partial charge in [-0.25, -0.2) is 9.59 Å². The predicted octanol–water partition coefficient (Wildman–Crippen LogP) is 2.00. The van der Waals surface area contributed by atoms with Crippen LogP contribution in [0.3, 0.4) is 0 Å². The third-order valence-electron chi connectivity index (χ3n) is 8.74. The molecule has 0 amide bonds. The van der Waals surface area contributed by atoms with Gasteiger partial charge in [-0.15, -0.1) is 0 Å². The Labute approximate surface area is 309 Å². The molecule has 0 radical (unpaired) electrons. The number of carbonyl (C=O) groups excluding carboxylic acids is 6. The lowest BCUT2D eigenvalue weighted by molar-refractivity contribution is -0.349. The third kappa shape index (κ3) is 10.1. The van der Waals surface area contributed by atoms with Crippen LogP contribution in [0.5, 0.6) is 5.75 Å². The van der Waals surface area contributed by atoms with Crippen LogP contribution in [0.25, 0.3) is 6.08 Å². The molecule has 3 aliphatic rings. The molecule has 1 N–H and O–H groups in total. The molecular formula is C36H42O18. The van der Waals surface area contributed by atoms with Gasteiger partial charge in [-0.1, -0.05) is 12.1 Å². The van der Waals surface area contributed by atoms with Crippen LogP contribution in [-0.4, -0.2) is 110 Å². The molecule has 54 heavy (non-hydrogen) atoms. The van der Waals surface area contributed by atoms with Gasteiger partial charge in [0.2, 0.25) is 12.6 Å². The van der Waals surface area contributed by atoms with E-state index in [-0.39, 0.29) is 19.4 Å². The van der Waals surface area contributed by atoms with E-state index in [1.165, 1.54) is 19.3 Å². The minimum atomic E-state index is -1.87. The topological polar surface area (TPSA) is 232 Å². The molecule has 0 aromatic heterocycles. The Bertz CT molecular complexity index is 1650. The molecule has 0 unspecified atom stereocenters. The number of hydrogen-bond donors (Lipinski definition) is 1. The highest BCUT2D eigenvalue weighted by Gasteiger charge is 2.63. The molecule has 1 aliphatic carbocycles. The summed E-state index contributed by atoms with van der Waals surface area (Å²) in [6.07, 6.45) is -5.72. The fourth-order valence-corrected chi connectivity index (χ4v) is 6.72. The number of carbonyl (C=O) groups is 7. The molecule has 0 spiro atoms. The fraction of sp³-hybridized carbons (Fsp3) is 0.528. The van der Waals surface area contributed by atoms with Crippen molar-refractivity contribution < 1.29 is 86.0 Å². The van der Waals surface area contributed by atoms with Crippen LogP contribution in [0.2, 0.25) is 0 Å². The van der Waals surface area contributed by atoms with Crippen molar-refractivity contribution in [2.45, 2.75) is 90.1 Å². The van der Waals surface area contributed by atoms with Gasteiger partial charge in [-0.3, -0.25) is 24.0 Å². The largest absolute Gasteiger partial charge is 0.497 e. The van der Waals surface area contributed by atoms with Gasteiger partial charge in [-0.2, -0.15) is 0 Å². The summed E-state index contributed by atoms with van der Waals surface area (Å²) in [6, 6.07) is 6.87. The molecule has 1 aromatic carbocycles. The first-order chi connectivity index (χ1) is 25.5. The highest BCUT2D eigenvalue weighted by molar-refractivity contribution is 5.90. The summed E-state index contributed by atoms with van der Waals surface area (Å²) < 4.78 is 56.1. The standard InChI is InChI=1S/C36H42O18/c1-18(37)46-17-27-30(49-19(2)38)31(50-20(3)39)32(51-21(4)40)35(52-27)53-34-29-24(13-14-36(29,54-22(5)41)26(16-48-34)33(43)44)15-47-28(42)12-9-23-7-10-25(45-6)11-8-23/h7-12,16,24,27,29-32,34-35H,13-15,17H2,1-6H3,(H,43,44)/t24-,27-,29+,30-,31+,32-,34+,35+,36-/m1/s1. The summed E-state index contributed by atoms with van der Waals surface area (Å²) in [5.74, 6) is -7.72. The van der Waals surface area contributed by atoms with Gasteiger partial charge in [0.25, 0.3) is 0 Å². The summed E-state index contributed by atoms with van der Waals surface area (Å²) >= 11 is 0. The molecule has 0 bridgehead atoms. The van der Waals surface area contributed by atoms with E-state index in [0.29, 0.717) is 11.3 Å². The molecule has 294 valence electrons. The average Bonchev–Trinajstić information content (AvgIpc) is 3.46. The van der Waals surface area contributed by atoms with Crippen LogP contribution in [0.4, 0.5) is 0 Å². The van der Waals surface area contributed by atoms with E-state index in [9.17, 15) is 38.7 Å². The van der Waals surface area contributed by atoms with Crippen molar-refractivity contribution in [3.05, 3.63) is 47.7 Å². The van der Waals surface area contributed by atoms with Crippen LogP contribution in [-0.2, 0) is 76.2 Å². The predicted molar refractivity (Wildman–Crippen MR) is 177 cm³/mol. The maximum atomic E-state index is 12.8. The molecule has 4 rings (SSSR count). The van der Waals surface area contributed by atoms with Crippen molar-refractivity contribution in [2.75, 3.05) is 20.3 Å². The zero-order valence-corrected chi connectivity index (χ0v) is 30.4. The summed E-state index contributed by atoms with van der Waals surface area (Å²) in [7, 11) is 1.52. The zero-order chi connectivity index (χ0) is 39.7. The Balaban J connectivity index is 1.70. The van der Waals surface area contributed by atoms with E-state index < -0.39 is 108 Å². The van der Waals surface area contributed by atoms with Gasteiger partial charge < -0.3 is 52.5 Å². The van der Waals surface area contributed by atoms with Gasteiger partial charge in [0.05, 0.1) is 19.6 Å². The smallest absolute Gasteiger partial charge is 0.338 e. The molecule has 9 atom stereocenters. The molecule has 1 saturated carbocycles. The molecule has 18 nitrogen and oxygen atoms in total. The van der Waals surface area contributed by atoms with Crippen molar-refractivity contribution in [1.29, 1.82) is 0 Å². The summed E-state index contributed by atoms with van der Waals surface area (Å²) in [5, 5.41) is 10.2. The van der Waals surface area contributed by atoms with Gasteiger partial charge in [0, 0.05) is 46.6 Å². The maximum Gasteiger partial charge on any atom is 0.338 e. The lowest BCUT2D eigenvalue weighted by atomic mass is 9.78. The molecule has 1 saturated heterocycles. The first kappa shape index (κ1) is 41.3. The average molecular weight is 763 g/mol. The lowest BCUT2D eigenvalue weighted by Gasteiger charge is -2.47. The number of hydrogen-bond acceptors (Lipinski definition) is 17. The van der Waals surface area contributed by atoms with Gasteiger partial charge >= 0.3 is 41.8 Å². The van der Waals surface area contributed by atoms with Crippen LogP contribution in [0, 0.1) is 11.8 Å². The fourth-order valence-electron chi connectivity index (χ4n) is 6.72. The lowest BCUT2D eigenvalue weighted by Crippen LogP contribution is -2.64. The van der Waals surface area contributed by atoms with Gasteiger partial charge in [0.15, 0.2) is 23.9 Å². The maximum absolute atomic E-state index is 12.8. The van der Waals surface area contributed by atoms with Crippen LogP contribution >= 0.6 is 0 Å². The van der Waals surface area contributed by atoms with Gasteiger partial charge in [-0.05, 0) is 36.6 Å². The second kappa shape index (κ2) is 18.0. The Morgan fingerprint density at radius 3 is 2.00 bits per heavy atom. The number of benzene rings is 1. The van der Waals surface area contributed by atoms with E-state index in [1.54, 1.807) is 24.3 Å². The second-order valence-electron chi connectivity index (χ2n) is 12.6. The zero-order valence-electron chi connectivity index (χ0n) is 30.4. The Hall–Kier alpha value is -5.49. The highest BCUT2D eigenvalue weighted by Crippen LogP contribution is 2.53. The molecule has 2 fully saturated rings. The Morgan fingerprint density at radius 1 is 0.796 bits per heavy atom. The summed E-state index contributed by atoms with van der Waals surface area (Å²) in [4.78, 5) is 86.5.